The van der Waals surface area contributed by atoms with Gasteiger partial charge in [0.15, 0.2) is 0 Å². The predicted molar refractivity (Wildman–Crippen MR) is 93.3 cm³/mol. The Hall–Kier alpha value is -1.95. The molecule has 25 heavy (non-hydrogen) atoms. The van der Waals surface area contributed by atoms with E-state index in [0.29, 0.717) is 11.5 Å². The van der Waals surface area contributed by atoms with E-state index in [-0.39, 0.29) is 19.1 Å². The van der Waals surface area contributed by atoms with E-state index in [0.717, 1.165) is 30.2 Å². The molecule has 0 saturated heterocycles. The van der Waals surface area contributed by atoms with Crippen molar-refractivity contribution < 1.29 is 18.3 Å². The summed E-state index contributed by atoms with van der Waals surface area (Å²) in [4.78, 5) is 17.5. The molecule has 0 bridgehead atoms. The number of amides is 1. The van der Waals surface area contributed by atoms with E-state index in [2.05, 4.69) is 11.9 Å². The normalized spacial score (nSPS) is 17.1. The van der Waals surface area contributed by atoms with Crippen LogP contribution in [-0.2, 0) is 17.6 Å². The van der Waals surface area contributed by atoms with Gasteiger partial charge in [0.25, 0.3) is 12.3 Å². The summed E-state index contributed by atoms with van der Waals surface area (Å²) in [6, 6.07) is 5.55. The third-order valence-corrected chi connectivity index (χ3v) is 4.91. The van der Waals surface area contributed by atoms with Crippen LogP contribution < -0.4 is 0 Å². The first-order chi connectivity index (χ1) is 12.0. The lowest BCUT2D eigenvalue weighted by Crippen LogP contribution is -2.37. The summed E-state index contributed by atoms with van der Waals surface area (Å²) in [7, 11) is 1.49. The van der Waals surface area contributed by atoms with E-state index in [1.54, 1.807) is 6.07 Å². The van der Waals surface area contributed by atoms with Crippen LogP contribution in [0.5, 0.6) is 0 Å². The summed E-state index contributed by atoms with van der Waals surface area (Å²) in [5.41, 5.74) is 3.66. The van der Waals surface area contributed by atoms with E-state index in [4.69, 9.17) is 4.74 Å². The summed E-state index contributed by atoms with van der Waals surface area (Å²) >= 11 is 0. The van der Waals surface area contributed by atoms with Gasteiger partial charge in [0.05, 0.1) is 24.2 Å². The van der Waals surface area contributed by atoms with Gasteiger partial charge < -0.3 is 14.6 Å². The highest BCUT2D eigenvalue weighted by atomic mass is 19.3. The molecule has 1 aromatic heterocycles. The number of hydrogen-bond donors (Lipinski definition) is 1. The Morgan fingerprint density at radius 2 is 2.24 bits per heavy atom. The van der Waals surface area contributed by atoms with Crippen molar-refractivity contribution >= 4 is 16.8 Å². The molecule has 2 aromatic rings. The number of aromatic nitrogens is 1. The van der Waals surface area contributed by atoms with Crippen LogP contribution >= 0.6 is 0 Å². The summed E-state index contributed by atoms with van der Waals surface area (Å²) in [5, 5.41) is 1.04. The maximum Gasteiger partial charge on any atom is 0.256 e. The molecule has 1 amide bonds. The first-order valence-corrected chi connectivity index (χ1v) is 8.70. The highest BCUT2D eigenvalue weighted by Gasteiger charge is 2.25. The average Bonchev–Trinajstić information content (AvgIpc) is 2.95. The van der Waals surface area contributed by atoms with Gasteiger partial charge in [-0.25, -0.2) is 8.78 Å². The quantitative estimate of drug-likeness (QED) is 0.864. The number of carbonyl (C=O) groups is 1. The Kier molecular flexibility index (Phi) is 5.37. The number of ether oxygens (including phenoxy) is 1. The molecule has 1 aliphatic rings. The second-order valence-electron chi connectivity index (χ2n) is 6.79. The molecule has 0 fully saturated rings. The SMILES string of the molecule is COCCN(CC(F)F)C(=O)c1cccc2c3c([nH]c12)CCC(C)C3. The third-order valence-electron chi connectivity index (χ3n) is 4.91. The molecule has 0 spiro atoms. The van der Waals surface area contributed by atoms with Gasteiger partial charge in [0.1, 0.15) is 0 Å². The maximum absolute atomic E-state index is 12.9. The summed E-state index contributed by atoms with van der Waals surface area (Å²) in [6.07, 6.45) is 0.493. The fourth-order valence-corrected chi connectivity index (χ4v) is 3.61. The molecule has 1 aliphatic carbocycles. The van der Waals surface area contributed by atoms with Crippen LogP contribution in [0.25, 0.3) is 10.9 Å². The van der Waals surface area contributed by atoms with E-state index in [1.165, 1.54) is 23.3 Å². The largest absolute Gasteiger partial charge is 0.383 e. The number of fused-ring (bicyclic) bond motifs is 3. The van der Waals surface area contributed by atoms with Gasteiger partial charge in [-0.2, -0.15) is 0 Å². The highest BCUT2D eigenvalue weighted by molar-refractivity contribution is 6.06. The number of nitrogens with one attached hydrogen (secondary N) is 1. The summed E-state index contributed by atoms with van der Waals surface area (Å²) in [5.74, 6) is 0.234. The summed E-state index contributed by atoms with van der Waals surface area (Å²) in [6.45, 7) is 2.02. The zero-order valence-electron chi connectivity index (χ0n) is 14.6. The average molecular weight is 350 g/mol. The van der Waals surface area contributed by atoms with E-state index in [1.807, 2.05) is 12.1 Å². The number of halogens is 2. The molecule has 1 aromatic carbocycles. The lowest BCUT2D eigenvalue weighted by atomic mass is 9.87. The van der Waals surface area contributed by atoms with Crippen molar-refractivity contribution in [2.24, 2.45) is 5.92 Å². The number of benzene rings is 1. The highest BCUT2D eigenvalue weighted by Crippen LogP contribution is 2.33. The molecular formula is C19H24F2N2O2. The minimum absolute atomic E-state index is 0.146. The molecule has 1 N–H and O–H groups in total. The zero-order chi connectivity index (χ0) is 18.0. The van der Waals surface area contributed by atoms with Gasteiger partial charge in [-0.3, -0.25) is 4.79 Å². The molecule has 3 rings (SSSR count). The van der Waals surface area contributed by atoms with Crippen LogP contribution in [0.4, 0.5) is 8.78 Å². The number of nitrogens with zero attached hydrogens (tertiary/aromatic N) is 1. The first kappa shape index (κ1) is 17.9. The zero-order valence-corrected chi connectivity index (χ0v) is 14.6. The van der Waals surface area contributed by atoms with Crippen molar-refractivity contribution in [2.75, 3.05) is 26.8 Å². The van der Waals surface area contributed by atoms with Gasteiger partial charge in [-0.15, -0.1) is 0 Å². The summed E-state index contributed by atoms with van der Waals surface area (Å²) < 4.78 is 30.7. The van der Waals surface area contributed by atoms with Crippen LogP contribution in [0.1, 0.15) is 35.0 Å². The Bertz CT molecular complexity index is 757. The van der Waals surface area contributed by atoms with Crippen molar-refractivity contribution in [1.29, 1.82) is 0 Å². The fourth-order valence-electron chi connectivity index (χ4n) is 3.61. The van der Waals surface area contributed by atoms with Crippen LogP contribution in [0, 0.1) is 5.92 Å². The molecule has 4 nitrogen and oxygen atoms in total. The Labute approximate surface area is 146 Å². The van der Waals surface area contributed by atoms with E-state index >= 15 is 0 Å². The standard InChI is InChI=1S/C19H24F2N2O2/c1-12-6-7-16-15(10-12)13-4-3-5-14(18(13)22-16)19(24)23(8-9-25-2)11-17(20)21/h3-5,12,17,22H,6-11H2,1-2H3. The lowest BCUT2D eigenvalue weighted by Gasteiger charge is -2.22. The topological polar surface area (TPSA) is 45.3 Å². The second-order valence-corrected chi connectivity index (χ2v) is 6.79. The maximum atomic E-state index is 12.9. The Balaban J connectivity index is 1.98. The van der Waals surface area contributed by atoms with Crippen LogP contribution in [-0.4, -0.2) is 49.0 Å². The number of H-pyrrole nitrogens is 1. The van der Waals surface area contributed by atoms with Gasteiger partial charge in [0.2, 0.25) is 0 Å². The van der Waals surface area contributed by atoms with Gasteiger partial charge >= 0.3 is 0 Å². The minimum atomic E-state index is -2.57. The van der Waals surface area contributed by atoms with Crippen molar-refractivity contribution in [2.45, 2.75) is 32.6 Å². The van der Waals surface area contributed by atoms with Crippen LogP contribution in [0.2, 0.25) is 0 Å². The number of methoxy groups -OCH3 is 1. The predicted octanol–water partition coefficient (Wildman–Crippen LogP) is 3.65. The monoisotopic (exact) mass is 350 g/mol. The molecule has 6 heteroatoms. The lowest BCUT2D eigenvalue weighted by molar-refractivity contribution is 0.0479. The molecule has 1 heterocycles. The molecule has 136 valence electrons. The van der Waals surface area contributed by atoms with E-state index in [9.17, 15) is 13.6 Å². The number of aromatic amines is 1. The molecule has 0 aliphatic heterocycles. The smallest absolute Gasteiger partial charge is 0.256 e. The molecule has 1 atom stereocenters. The number of para-hydroxylation sites is 1. The van der Waals surface area contributed by atoms with Crippen molar-refractivity contribution in [1.82, 2.24) is 9.88 Å². The second kappa shape index (κ2) is 7.52. The minimum Gasteiger partial charge on any atom is -0.383 e. The third kappa shape index (κ3) is 3.68. The molecular weight excluding hydrogens is 326 g/mol. The number of alkyl halides is 2. The van der Waals surface area contributed by atoms with Gasteiger partial charge in [0, 0.05) is 24.7 Å². The fraction of sp³-hybridized carbons (Fsp3) is 0.526. The van der Waals surface area contributed by atoms with Gasteiger partial charge in [-0.1, -0.05) is 19.1 Å². The molecule has 1 unspecified atom stereocenters. The number of hydrogen-bond acceptors (Lipinski definition) is 2. The first-order valence-electron chi connectivity index (χ1n) is 8.70. The van der Waals surface area contributed by atoms with Crippen molar-refractivity contribution in [3.8, 4) is 0 Å². The van der Waals surface area contributed by atoms with Crippen molar-refractivity contribution in [3.63, 3.8) is 0 Å². The van der Waals surface area contributed by atoms with Crippen molar-refractivity contribution in [3.05, 3.63) is 35.0 Å². The van der Waals surface area contributed by atoms with E-state index < -0.39 is 13.0 Å². The molecule has 0 radical (unpaired) electrons. The number of aryl methyl sites for hydroxylation is 1. The van der Waals surface area contributed by atoms with Crippen LogP contribution in [0.15, 0.2) is 18.2 Å². The Morgan fingerprint density at radius 1 is 1.44 bits per heavy atom. The number of rotatable bonds is 6. The van der Waals surface area contributed by atoms with Crippen LogP contribution in [0.3, 0.4) is 0 Å². The molecule has 0 saturated carbocycles. The number of carbonyl (C=O) groups excluding carboxylic acids is 1. The van der Waals surface area contributed by atoms with Gasteiger partial charge in [-0.05, 0) is 36.8 Å². The Morgan fingerprint density at radius 3 is 2.96 bits per heavy atom.